The molecule has 0 spiro atoms. The lowest BCUT2D eigenvalue weighted by Crippen LogP contribution is -2.30. The summed E-state index contributed by atoms with van der Waals surface area (Å²) in [6, 6.07) is 10.3. The van der Waals surface area contributed by atoms with Crippen LogP contribution >= 0.6 is 0 Å². The third-order valence-electron chi connectivity index (χ3n) is 4.42. The summed E-state index contributed by atoms with van der Waals surface area (Å²) < 4.78 is 0. The molecule has 1 aromatic carbocycles. The highest BCUT2D eigenvalue weighted by molar-refractivity contribution is 5.76. The Labute approximate surface area is 121 Å². The normalized spacial score (nSPS) is 21.8. The van der Waals surface area contributed by atoms with Gasteiger partial charge in [0.1, 0.15) is 0 Å². The first-order valence-corrected chi connectivity index (χ1v) is 7.58. The number of aliphatic hydroxyl groups is 1. The van der Waals surface area contributed by atoms with Gasteiger partial charge in [0.2, 0.25) is 5.91 Å². The summed E-state index contributed by atoms with van der Waals surface area (Å²) in [5.41, 5.74) is 1.29. The smallest absolute Gasteiger partial charge is 0.222 e. The van der Waals surface area contributed by atoms with E-state index in [1.54, 1.807) is 0 Å². The van der Waals surface area contributed by atoms with E-state index in [1.807, 2.05) is 30.0 Å². The van der Waals surface area contributed by atoms with Gasteiger partial charge in [-0.05, 0) is 31.2 Å². The van der Waals surface area contributed by atoms with Crippen molar-refractivity contribution < 1.29 is 9.90 Å². The number of carbonyl (C=O) groups is 1. The summed E-state index contributed by atoms with van der Waals surface area (Å²) in [4.78, 5) is 14.1. The Balaban J connectivity index is 1.78. The molecule has 1 heterocycles. The van der Waals surface area contributed by atoms with Crippen molar-refractivity contribution in [3.8, 4) is 0 Å². The Kier molecular flexibility index (Phi) is 5.18. The monoisotopic (exact) mass is 275 g/mol. The Morgan fingerprint density at radius 3 is 2.65 bits per heavy atom. The number of hydrogen-bond donors (Lipinski definition) is 1. The fourth-order valence-corrected chi connectivity index (χ4v) is 2.85. The van der Waals surface area contributed by atoms with Crippen LogP contribution in [0.1, 0.15) is 44.6 Å². The van der Waals surface area contributed by atoms with E-state index in [0.29, 0.717) is 12.3 Å². The molecule has 3 heteroatoms. The zero-order chi connectivity index (χ0) is 14.5. The fourth-order valence-electron chi connectivity index (χ4n) is 2.85. The van der Waals surface area contributed by atoms with Gasteiger partial charge in [-0.1, -0.05) is 37.3 Å². The topological polar surface area (TPSA) is 40.5 Å². The molecule has 3 unspecified atom stereocenters. The lowest BCUT2D eigenvalue weighted by Gasteiger charge is -2.19. The molecular formula is C17H25NO2. The van der Waals surface area contributed by atoms with Crippen LogP contribution in [-0.2, 0) is 4.79 Å². The van der Waals surface area contributed by atoms with Crippen LogP contribution in [0.4, 0.5) is 0 Å². The Hall–Kier alpha value is -1.35. The molecule has 3 nitrogen and oxygen atoms in total. The van der Waals surface area contributed by atoms with Crippen LogP contribution in [0.2, 0.25) is 0 Å². The second kappa shape index (κ2) is 6.89. The Morgan fingerprint density at radius 2 is 2.05 bits per heavy atom. The average Bonchev–Trinajstić information content (AvgIpc) is 2.95. The van der Waals surface area contributed by atoms with Crippen LogP contribution < -0.4 is 0 Å². The van der Waals surface area contributed by atoms with Crippen LogP contribution in [0.15, 0.2) is 30.3 Å². The molecule has 0 saturated carbocycles. The van der Waals surface area contributed by atoms with E-state index < -0.39 is 0 Å². The molecule has 1 aliphatic rings. The van der Waals surface area contributed by atoms with E-state index in [4.69, 9.17) is 0 Å². The van der Waals surface area contributed by atoms with Gasteiger partial charge in [-0.15, -0.1) is 0 Å². The van der Waals surface area contributed by atoms with Crippen molar-refractivity contribution in [3.05, 3.63) is 35.9 Å². The second-order valence-corrected chi connectivity index (χ2v) is 5.98. The summed E-state index contributed by atoms with van der Waals surface area (Å²) in [6.45, 7) is 5.51. The molecular weight excluding hydrogens is 250 g/mol. The number of carbonyl (C=O) groups excluding carboxylic acids is 1. The van der Waals surface area contributed by atoms with Crippen molar-refractivity contribution in [2.24, 2.45) is 5.92 Å². The number of amides is 1. The highest BCUT2D eigenvalue weighted by atomic mass is 16.3. The summed E-state index contributed by atoms with van der Waals surface area (Å²) in [5, 5.41) is 9.58. The third kappa shape index (κ3) is 3.83. The first kappa shape index (κ1) is 15.0. The number of aliphatic hydroxyl groups excluding tert-OH is 1. The fraction of sp³-hybridized carbons (Fsp3) is 0.588. The van der Waals surface area contributed by atoms with Gasteiger partial charge in [0.05, 0.1) is 6.10 Å². The minimum Gasteiger partial charge on any atom is -0.393 e. The number of hydrogen-bond acceptors (Lipinski definition) is 2. The molecule has 0 aromatic heterocycles. The van der Waals surface area contributed by atoms with E-state index in [-0.39, 0.29) is 17.9 Å². The SMILES string of the molecule is CC(CCC(=O)N1CCC(C(C)O)C1)c1ccccc1. The van der Waals surface area contributed by atoms with Crippen LogP contribution in [0.25, 0.3) is 0 Å². The first-order valence-electron chi connectivity index (χ1n) is 7.58. The van der Waals surface area contributed by atoms with Gasteiger partial charge in [-0.3, -0.25) is 4.79 Å². The third-order valence-corrected chi connectivity index (χ3v) is 4.42. The summed E-state index contributed by atoms with van der Waals surface area (Å²) >= 11 is 0. The second-order valence-electron chi connectivity index (χ2n) is 5.98. The number of benzene rings is 1. The van der Waals surface area contributed by atoms with Gasteiger partial charge in [-0.25, -0.2) is 0 Å². The maximum absolute atomic E-state index is 12.2. The Bertz CT molecular complexity index is 430. The number of rotatable bonds is 5. The standard InChI is InChI=1S/C17H25NO2/c1-13(15-6-4-3-5-7-15)8-9-17(20)18-11-10-16(12-18)14(2)19/h3-7,13-14,16,19H,8-12H2,1-2H3. The molecule has 1 fully saturated rings. The Morgan fingerprint density at radius 1 is 1.35 bits per heavy atom. The van der Waals surface area contributed by atoms with Crippen molar-refractivity contribution in [2.75, 3.05) is 13.1 Å². The summed E-state index contributed by atoms with van der Waals surface area (Å²) in [7, 11) is 0. The van der Waals surface area contributed by atoms with Crippen molar-refractivity contribution >= 4 is 5.91 Å². The minimum atomic E-state index is -0.309. The molecule has 2 rings (SSSR count). The van der Waals surface area contributed by atoms with Crippen molar-refractivity contribution in [1.29, 1.82) is 0 Å². The number of nitrogens with zero attached hydrogens (tertiary/aromatic N) is 1. The number of likely N-dealkylation sites (tertiary alicyclic amines) is 1. The van der Waals surface area contributed by atoms with Gasteiger partial charge in [-0.2, -0.15) is 0 Å². The highest BCUT2D eigenvalue weighted by Crippen LogP contribution is 2.23. The highest BCUT2D eigenvalue weighted by Gasteiger charge is 2.28. The predicted octanol–water partition coefficient (Wildman–Crippen LogP) is 2.80. The van der Waals surface area contributed by atoms with Gasteiger partial charge >= 0.3 is 0 Å². The zero-order valence-electron chi connectivity index (χ0n) is 12.5. The maximum Gasteiger partial charge on any atom is 0.222 e. The minimum absolute atomic E-state index is 0.232. The largest absolute Gasteiger partial charge is 0.393 e. The molecule has 3 atom stereocenters. The van der Waals surface area contributed by atoms with Gasteiger partial charge in [0.25, 0.3) is 0 Å². The zero-order valence-corrected chi connectivity index (χ0v) is 12.5. The molecule has 20 heavy (non-hydrogen) atoms. The van der Waals surface area contributed by atoms with Crippen LogP contribution in [0, 0.1) is 5.92 Å². The molecule has 0 bridgehead atoms. The van der Waals surface area contributed by atoms with E-state index in [9.17, 15) is 9.90 Å². The summed E-state index contributed by atoms with van der Waals surface area (Å²) in [6.07, 6.45) is 2.11. The van der Waals surface area contributed by atoms with E-state index in [1.165, 1.54) is 5.56 Å². The molecule has 1 aliphatic heterocycles. The molecule has 0 radical (unpaired) electrons. The first-order chi connectivity index (χ1) is 9.58. The lowest BCUT2D eigenvalue weighted by atomic mass is 9.96. The molecule has 1 saturated heterocycles. The van der Waals surface area contributed by atoms with Gasteiger partial charge in [0, 0.05) is 25.4 Å². The molecule has 110 valence electrons. The lowest BCUT2D eigenvalue weighted by molar-refractivity contribution is -0.130. The van der Waals surface area contributed by atoms with E-state index in [0.717, 1.165) is 25.9 Å². The van der Waals surface area contributed by atoms with Crippen molar-refractivity contribution in [1.82, 2.24) is 4.90 Å². The predicted molar refractivity (Wildman–Crippen MR) is 80.5 cm³/mol. The van der Waals surface area contributed by atoms with Gasteiger partial charge in [0.15, 0.2) is 0 Å². The van der Waals surface area contributed by atoms with E-state index in [2.05, 4.69) is 19.1 Å². The molecule has 1 amide bonds. The van der Waals surface area contributed by atoms with Crippen molar-refractivity contribution in [3.63, 3.8) is 0 Å². The molecule has 0 aliphatic carbocycles. The van der Waals surface area contributed by atoms with E-state index >= 15 is 0 Å². The van der Waals surface area contributed by atoms with Crippen LogP contribution in [0.5, 0.6) is 0 Å². The van der Waals surface area contributed by atoms with Crippen LogP contribution in [0.3, 0.4) is 0 Å². The molecule has 1 aromatic rings. The summed E-state index contributed by atoms with van der Waals surface area (Å²) in [5.74, 6) is 0.900. The van der Waals surface area contributed by atoms with Gasteiger partial charge < -0.3 is 10.0 Å². The average molecular weight is 275 g/mol. The maximum atomic E-state index is 12.2. The van der Waals surface area contributed by atoms with Crippen molar-refractivity contribution in [2.45, 2.75) is 45.1 Å². The van der Waals surface area contributed by atoms with Crippen LogP contribution in [-0.4, -0.2) is 35.1 Å². The quantitative estimate of drug-likeness (QED) is 0.897. The molecule has 1 N–H and O–H groups in total.